The van der Waals surface area contributed by atoms with Crippen LogP contribution in [0.3, 0.4) is 0 Å². The van der Waals surface area contributed by atoms with Gasteiger partial charge in [-0.1, -0.05) is 24.3 Å². The molecule has 130 valence electrons. The van der Waals surface area contributed by atoms with Crippen molar-refractivity contribution in [3.05, 3.63) is 54.2 Å². The minimum Gasteiger partial charge on any atom is -0.491 e. The van der Waals surface area contributed by atoms with Crippen LogP contribution >= 0.6 is 0 Å². The van der Waals surface area contributed by atoms with Crippen LogP contribution in [-0.4, -0.2) is 42.5 Å². The third kappa shape index (κ3) is 6.18. The van der Waals surface area contributed by atoms with E-state index in [0.29, 0.717) is 12.4 Å². The van der Waals surface area contributed by atoms with Gasteiger partial charge >= 0.3 is 0 Å². The summed E-state index contributed by atoms with van der Waals surface area (Å²) in [5.41, 5.74) is 1.10. The van der Waals surface area contributed by atoms with E-state index in [1.165, 1.54) is 0 Å². The molecule has 1 aromatic heterocycles. The molecular formula is C19H26N2O3. The van der Waals surface area contributed by atoms with E-state index in [4.69, 9.17) is 9.47 Å². The molecule has 5 nitrogen and oxygen atoms in total. The van der Waals surface area contributed by atoms with E-state index in [1.54, 1.807) is 13.3 Å². The van der Waals surface area contributed by atoms with Crippen molar-refractivity contribution >= 4 is 0 Å². The molecule has 0 aliphatic heterocycles. The van der Waals surface area contributed by atoms with Crippen molar-refractivity contribution < 1.29 is 14.6 Å². The van der Waals surface area contributed by atoms with Crippen molar-refractivity contribution in [3.8, 4) is 11.6 Å². The maximum atomic E-state index is 10.0. The summed E-state index contributed by atoms with van der Waals surface area (Å²) in [5, 5.41) is 13.3. The fourth-order valence-corrected chi connectivity index (χ4v) is 2.38. The molecule has 0 aliphatic rings. The Kier molecular flexibility index (Phi) is 7.52. The molecule has 1 aromatic carbocycles. The Morgan fingerprint density at radius 2 is 1.96 bits per heavy atom. The van der Waals surface area contributed by atoms with Gasteiger partial charge in [-0.2, -0.15) is 0 Å². The molecule has 24 heavy (non-hydrogen) atoms. The second-order valence-electron chi connectivity index (χ2n) is 5.80. The predicted molar refractivity (Wildman–Crippen MR) is 94.5 cm³/mol. The molecule has 0 saturated carbocycles. The summed E-state index contributed by atoms with van der Waals surface area (Å²) in [6.07, 6.45) is 3.00. The van der Waals surface area contributed by atoms with Crippen molar-refractivity contribution in [2.45, 2.75) is 31.9 Å². The van der Waals surface area contributed by atoms with Crippen LogP contribution < -0.4 is 14.8 Å². The predicted octanol–water partition coefficient (Wildman–Crippen LogP) is 2.44. The molecule has 2 rings (SSSR count). The van der Waals surface area contributed by atoms with Gasteiger partial charge in [-0.05, 0) is 38.0 Å². The Balaban J connectivity index is 1.66. The first-order valence-corrected chi connectivity index (χ1v) is 8.26. The molecule has 0 bridgehead atoms. The standard InChI is InChI=1S/C19H26N2O3/c1-15(10-11-16-7-6-12-20-19(16)23-2)21-13-17(22)14-24-18-8-4-3-5-9-18/h3-9,12,15,17,21-22H,10-11,13-14H2,1-2H3/t15?,17-/m1/s1. The highest BCUT2D eigenvalue weighted by Gasteiger charge is 2.10. The van der Waals surface area contributed by atoms with E-state index in [9.17, 15) is 5.11 Å². The molecule has 1 unspecified atom stereocenters. The molecule has 0 spiro atoms. The van der Waals surface area contributed by atoms with Crippen LogP contribution in [0, 0.1) is 0 Å². The van der Waals surface area contributed by atoms with Gasteiger partial charge in [-0.3, -0.25) is 0 Å². The van der Waals surface area contributed by atoms with Crippen LogP contribution in [0.1, 0.15) is 18.9 Å². The van der Waals surface area contributed by atoms with Crippen LogP contribution in [-0.2, 0) is 6.42 Å². The maximum Gasteiger partial charge on any atom is 0.216 e. The number of aryl methyl sites for hydroxylation is 1. The lowest BCUT2D eigenvalue weighted by Gasteiger charge is -2.18. The van der Waals surface area contributed by atoms with Gasteiger partial charge in [-0.15, -0.1) is 0 Å². The highest BCUT2D eigenvalue weighted by atomic mass is 16.5. The Labute approximate surface area is 143 Å². The lowest BCUT2D eigenvalue weighted by atomic mass is 10.1. The van der Waals surface area contributed by atoms with E-state index in [0.717, 1.165) is 24.2 Å². The monoisotopic (exact) mass is 330 g/mol. The van der Waals surface area contributed by atoms with E-state index in [-0.39, 0.29) is 12.6 Å². The molecule has 2 atom stereocenters. The summed E-state index contributed by atoms with van der Waals surface area (Å²) in [5.74, 6) is 1.45. The number of hydrogen-bond donors (Lipinski definition) is 2. The molecule has 0 radical (unpaired) electrons. The quantitative estimate of drug-likeness (QED) is 0.700. The van der Waals surface area contributed by atoms with Gasteiger partial charge in [0.15, 0.2) is 0 Å². The maximum absolute atomic E-state index is 10.0. The van der Waals surface area contributed by atoms with Gasteiger partial charge in [0.2, 0.25) is 5.88 Å². The van der Waals surface area contributed by atoms with Crippen molar-refractivity contribution in [1.29, 1.82) is 0 Å². The van der Waals surface area contributed by atoms with E-state index in [1.807, 2.05) is 42.5 Å². The minimum absolute atomic E-state index is 0.278. The van der Waals surface area contributed by atoms with Crippen molar-refractivity contribution in [2.24, 2.45) is 0 Å². The molecule has 2 N–H and O–H groups in total. The largest absolute Gasteiger partial charge is 0.491 e. The second kappa shape index (κ2) is 9.90. The number of methoxy groups -OCH3 is 1. The van der Waals surface area contributed by atoms with Gasteiger partial charge in [0, 0.05) is 24.3 Å². The zero-order chi connectivity index (χ0) is 17.2. The van der Waals surface area contributed by atoms with Gasteiger partial charge in [0.05, 0.1) is 7.11 Å². The van der Waals surface area contributed by atoms with Gasteiger partial charge in [0.1, 0.15) is 18.5 Å². The zero-order valence-electron chi connectivity index (χ0n) is 14.3. The third-order valence-corrected chi connectivity index (χ3v) is 3.78. The topological polar surface area (TPSA) is 63.6 Å². The number of ether oxygens (including phenoxy) is 2. The summed E-state index contributed by atoms with van der Waals surface area (Å²) in [7, 11) is 1.64. The average Bonchev–Trinajstić information content (AvgIpc) is 2.64. The molecule has 0 aliphatic carbocycles. The fraction of sp³-hybridized carbons (Fsp3) is 0.421. The number of nitrogens with zero attached hydrogens (tertiary/aromatic N) is 1. The summed E-state index contributed by atoms with van der Waals surface area (Å²) in [4.78, 5) is 4.20. The molecule has 0 fully saturated rings. The summed E-state index contributed by atoms with van der Waals surface area (Å²) < 4.78 is 10.8. The van der Waals surface area contributed by atoms with E-state index in [2.05, 4.69) is 17.2 Å². The third-order valence-electron chi connectivity index (χ3n) is 3.78. The Hall–Kier alpha value is -2.11. The molecule has 1 heterocycles. The lowest BCUT2D eigenvalue weighted by molar-refractivity contribution is 0.104. The first-order valence-electron chi connectivity index (χ1n) is 8.26. The number of para-hydroxylation sites is 1. The minimum atomic E-state index is -0.541. The van der Waals surface area contributed by atoms with Crippen LogP contribution in [0.15, 0.2) is 48.7 Å². The van der Waals surface area contributed by atoms with E-state index < -0.39 is 6.10 Å². The highest BCUT2D eigenvalue weighted by molar-refractivity contribution is 5.25. The van der Waals surface area contributed by atoms with E-state index >= 15 is 0 Å². The van der Waals surface area contributed by atoms with Crippen LogP contribution in [0.2, 0.25) is 0 Å². The van der Waals surface area contributed by atoms with Crippen molar-refractivity contribution in [3.63, 3.8) is 0 Å². The molecule has 2 aromatic rings. The molecule has 5 heteroatoms. The summed E-state index contributed by atoms with van der Waals surface area (Å²) in [6.45, 7) is 2.88. The van der Waals surface area contributed by atoms with Gasteiger partial charge in [-0.25, -0.2) is 4.98 Å². The van der Waals surface area contributed by atoms with Crippen molar-refractivity contribution in [2.75, 3.05) is 20.3 Å². The highest BCUT2D eigenvalue weighted by Crippen LogP contribution is 2.16. The number of pyridine rings is 1. The number of nitrogens with one attached hydrogen (secondary N) is 1. The second-order valence-corrected chi connectivity index (χ2v) is 5.80. The lowest BCUT2D eigenvalue weighted by Crippen LogP contribution is -2.36. The van der Waals surface area contributed by atoms with Crippen LogP contribution in [0.25, 0.3) is 0 Å². The number of benzene rings is 1. The summed E-state index contributed by atoms with van der Waals surface area (Å²) in [6, 6.07) is 13.7. The zero-order valence-corrected chi connectivity index (χ0v) is 14.3. The molecule has 0 saturated heterocycles. The smallest absolute Gasteiger partial charge is 0.216 e. The molecular weight excluding hydrogens is 304 g/mol. The Bertz CT molecular complexity index is 592. The Morgan fingerprint density at radius 3 is 2.71 bits per heavy atom. The van der Waals surface area contributed by atoms with Crippen LogP contribution in [0.5, 0.6) is 11.6 Å². The average molecular weight is 330 g/mol. The number of aliphatic hydroxyl groups excluding tert-OH is 1. The SMILES string of the molecule is COc1ncccc1CCC(C)NC[C@@H](O)COc1ccccc1. The van der Waals surface area contributed by atoms with Gasteiger partial charge in [0.25, 0.3) is 0 Å². The van der Waals surface area contributed by atoms with Crippen LogP contribution in [0.4, 0.5) is 0 Å². The first-order chi connectivity index (χ1) is 11.7. The fourth-order valence-electron chi connectivity index (χ4n) is 2.38. The number of aromatic nitrogens is 1. The normalized spacial score (nSPS) is 13.3. The first kappa shape index (κ1) is 18.2. The number of rotatable bonds is 10. The Morgan fingerprint density at radius 1 is 1.17 bits per heavy atom. The number of hydrogen-bond acceptors (Lipinski definition) is 5. The van der Waals surface area contributed by atoms with Gasteiger partial charge < -0.3 is 19.9 Å². The van der Waals surface area contributed by atoms with Crippen molar-refractivity contribution in [1.82, 2.24) is 10.3 Å². The number of aliphatic hydroxyl groups is 1. The molecule has 0 amide bonds. The summed E-state index contributed by atoms with van der Waals surface area (Å²) >= 11 is 0.